The molecule has 1 aromatic heterocycles. The third-order valence-corrected chi connectivity index (χ3v) is 6.40. The molecule has 1 atom stereocenters. The van der Waals surface area contributed by atoms with Crippen LogP contribution < -0.4 is 0 Å². The smallest absolute Gasteiger partial charge is 0.303 e. The van der Waals surface area contributed by atoms with Crippen LogP contribution in [0.15, 0.2) is 24.3 Å². The van der Waals surface area contributed by atoms with E-state index in [0.717, 1.165) is 63.0 Å². The number of benzene rings is 1. The van der Waals surface area contributed by atoms with E-state index in [4.69, 9.17) is 0 Å². The number of halogens is 3. The SMILES string of the molecule is CCn1nc(C)c(CN(C)C[C@@H]2CCCN(CCc3cccc(C(F)(F)F)c3)C2)c1C. The number of likely N-dealkylation sites (tertiary alicyclic amines) is 1. The van der Waals surface area contributed by atoms with Crippen LogP contribution in [0.2, 0.25) is 0 Å². The summed E-state index contributed by atoms with van der Waals surface area (Å²) in [7, 11) is 2.17. The molecule has 4 nitrogen and oxygen atoms in total. The number of aryl methyl sites for hydroxylation is 2. The quantitative estimate of drug-likeness (QED) is 0.587. The van der Waals surface area contributed by atoms with Crippen molar-refractivity contribution < 1.29 is 13.2 Å². The molecule has 0 aliphatic carbocycles. The second kappa shape index (κ2) is 10.2. The molecule has 0 spiro atoms. The fourth-order valence-corrected chi connectivity index (χ4v) is 4.74. The molecule has 0 unspecified atom stereocenters. The molecule has 0 saturated carbocycles. The van der Waals surface area contributed by atoms with Crippen LogP contribution >= 0.6 is 0 Å². The van der Waals surface area contributed by atoms with Gasteiger partial charge in [0.25, 0.3) is 0 Å². The number of hydrogen-bond acceptors (Lipinski definition) is 3. The number of alkyl halides is 3. The van der Waals surface area contributed by atoms with Crippen molar-refractivity contribution in [3.63, 3.8) is 0 Å². The number of hydrogen-bond donors (Lipinski definition) is 0. The predicted octanol–water partition coefficient (Wildman–Crippen LogP) is 4.93. The Morgan fingerprint density at radius 3 is 2.68 bits per heavy atom. The van der Waals surface area contributed by atoms with E-state index in [2.05, 4.69) is 47.4 Å². The Kier molecular flexibility index (Phi) is 7.81. The van der Waals surface area contributed by atoms with Gasteiger partial charge in [-0.15, -0.1) is 0 Å². The third-order valence-electron chi connectivity index (χ3n) is 6.40. The summed E-state index contributed by atoms with van der Waals surface area (Å²) in [6.45, 7) is 12.0. The molecule has 31 heavy (non-hydrogen) atoms. The lowest BCUT2D eigenvalue weighted by molar-refractivity contribution is -0.137. The predicted molar refractivity (Wildman–Crippen MR) is 118 cm³/mol. The second-order valence-corrected chi connectivity index (χ2v) is 8.92. The molecular weight excluding hydrogens is 401 g/mol. The van der Waals surface area contributed by atoms with Crippen LogP contribution in [-0.2, 0) is 25.7 Å². The number of piperidine rings is 1. The van der Waals surface area contributed by atoms with E-state index >= 15 is 0 Å². The topological polar surface area (TPSA) is 24.3 Å². The highest BCUT2D eigenvalue weighted by Gasteiger charge is 2.30. The average Bonchev–Trinajstić information content (AvgIpc) is 2.99. The second-order valence-electron chi connectivity index (χ2n) is 8.92. The van der Waals surface area contributed by atoms with Gasteiger partial charge < -0.3 is 9.80 Å². The largest absolute Gasteiger partial charge is 0.416 e. The van der Waals surface area contributed by atoms with Crippen molar-refractivity contribution in [2.45, 2.75) is 59.3 Å². The first-order valence-corrected chi connectivity index (χ1v) is 11.3. The molecule has 0 amide bonds. The van der Waals surface area contributed by atoms with Crippen LogP contribution in [0.5, 0.6) is 0 Å². The van der Waals surface area contributed by atoms with Crippen LogP contribution in [0.25, 0.3) is 0 Å². The Hall–Kier alpha value is -1.86. The van der Waals surface area contributed by atoms with E-state index in [-0.39, 0.29) is 0 Å². The monoisotopic (exact) mass is 436 g/mol. The molecule has 3 rings (SSSR count). The van der Waals surface area contributed by atoms with Crippen LogP contribution in [0, 0.1) is 19.8 Å². The summed E-state index contributed by atoms with van der Waals surface area (Å²) < 4.78 is 40.9. The first-order valence-electron chi connectivity index (χ1n) is 11.3. The number of aromatic nitrogens is 2. The minimum absolute atomic E-state index is 0.555. The lowest BCUT2D eigenvalue weighted by atomic mass is 9.96. The Bertz CT molecular complexity index is 859. The van der Waals surface area contributed by atoms with Gasteiger partial charge in [-0.2, -0.15) is 18.3 Å². The summed E-state index contributed by atoms with van der Waals surface area (Å²) in [5, 5.41) is 4.63. The molecule has 1 fully saturated rings. The van der Waals surface area contributed by atoms with Gasteiger partial charge in [-0.05, 0) is 71.2 Å². The highest BCUT2D eigenvalue weighted by molar-refractivity contribution is 5.26. The average molecular weight is 437 g/mol. The maximum absolute atomic E-state index is 12.9. The summed E-state index contributed by atoms with van der Waals surface area (Å²) in [5.41, 5.74) is 3.88. The van der Waals surface area contributed by atoms with E-state index in [9.17, 15) is 13.2 Å². The molecule has 1 aliphatic heterocycles. The fraction of sp³-hybridized carbons (Fsp3) is 0.625. The summed E-state index contributed by atoms with van der Waals surface area (Å²) in [6, 6.07) is 5.74. The van der Waals surface area contributed by atoms with Gasteiger partial charge in [0.15, 0.2) is 0 Å². The maximum Gasteiger partial charge on any atom is 0.416 e. The van der Waals surface area contributed by atoms with Gasteiger partial charge in [-0.3, -0.25) is 4.68 Å². The van der Waals surface area contributed by atoms with Crippen LogP contribution in [0.1, 0.15) is 47.8 Å². The lowest BCUT2D eigenvalue weighted by Gasteiger charge is -2.35. The third kappa shape index (κ3) is 6.32. The minimum Gasteiger partial charge on any atom is -0.303 e. The molecule has 7 heteroatoms. The van der Waals surface area contributed by atoms with Crippen molar-refractivity contribution in [1.82, 2.24) is 19.6 Å². The normalized spacial score (nSPS) is 18.1. The standard InChI is InChI=1S/C24H35F3N4/c1-5-31-19(3)23(18(2)28-31)17-29(4)15-21-9-7-12-30(16-21)13-11-20-8-6-10-22(14-20)24(25,26)27/h6,8,10,14,21H,5,7,9,11-13,15-17H2,1-4H3/t21-/m0/s1. The summed E-state index contributed by atoms with van der Waals surface area (Å²) in [5.74, 6) is 0.585. The molecule has 0 radical (unpaired) electrons. The molecule has 1 aromatic carbocycles. The van der Waals surface area contributed by atoms with Crippen LogP contribution in [-0.4, -0.2) is 52.8 Å². The van der Waals surface area contributed by atoms with Gasteiger partial charge in [0.1, 0.15) is 0 Å². The van der Waals surface area contributed by atoms with Crippen molar-refractivity contribution >= 4 is 0 Å². The molecule has 172 valence electrons. The summed E-state index contributed by atoms with van der Waals surface area (Å²) in [6.07, 6.45) is -1.27. The van der Waals surface area contributed by atoms with Gasteiger partial charge >= 0.3 is 6.18 Å². The molecule has 1 saturated heterocycles. The van der Waals surface area contributed by atoms with Crippen molar-refractivity contribution in [1.29, 1.82) is 0 Å². The molecule has 0 bridgehead atoms. The van der Waals surface area contributed by atoms with Gasteiger partial charge in [-0.25, -0.2) is 0 Å². The molecule has 2 aromatic rings. The Balaban J connectivity index is 1.51. The van der Waals surface area contributed by atoms with Crippen molar-refractivity contribution in [3.05, 3.63) is 52.3 Å². The first kappa shape index (κ1) is 23.8. The van der Waals surface area contributed by atoms with Crippen molar-refractivity contribution in [2.24, 2.45) is 5.92 Å². The first-order chi connectivity index (χ1) is 14.7. The summed E-state index contributed by atoms with van der Waals surface area (Å²) in [4.78, 5) is 4.80. The van der Waals surface area contributed by atoms with Gasteiger partial charge in [0.2, 0.25) is 0 Å². The van der Waals surface area contributed by atoms with E-state index in [1.54, 1.807) is 6.07 Å². The minimum atomic E-state index is -4.28. The highest BCUT2D eigenvalue weighted by Crippen LogP contribution is 2.29. The highest BCUT2D eigenvalue weighted by atomic mass is 19.4. The van der Waals surface area contributed by atoms with Crippen LogP contribution in [0.3, 0.4) is 0 Å². The Morgan fingerprint density at radius 2 is 2.00 bits per heavy atom. The zero-order valence-electron chi connectivity index (χ0n) is 19.2. The maximum atomic E-state index is 12.9. The Morgan fingerprint density at radius 1 is 1.23 bits per heavy atom. The Labute approximate surface area is 184 Å². The molecule has 0 N–H and O–H groups in total. The summed E-state index contributed by atoms with van der Waals surface area (Å²) >= 11 is 0. The number of rotatable bonds is 8. The van der Waals surface area contributed by atoms with Crippen molar-refractivity contribution in [2.75, 3.05) is 33.2 Å². The van der Waals surface area contributed by atoms with Gasteiger partial charge in [0, 0.05) is 44.0 Å². The van der Waals surface area contributed by atoms with Gasteiger partial charge in [0.05, 0.1) is 11.3 Å². The van der Waals surface area contributed by atoms with Crippen LogP contribution in [0.4, 0.5) is 13.2 Å². The van der Waals surface area contributed by atoms with Crippen molar-refractivity contribution in [3.8, 4) is 0 Å². The van der Waals surface area contributed by atoms with E-state index in [0.29, 0.717) is 12.3 Å². The van der Waals surface area contributed by atoms with E-state index < -0.39 is 11.7 Å². The molecule has 1 aliphatic rings. The van der Waals surface area contributed by atoms with E-state index in [1.807, 2.05) is 0 Å². The fourth-order valence-electron chi connectivity index (χ4n) is 4.74. The van der Waals surface area contributed by atoms with Gasteiger partial charge in [-0.1, -0.05) is 18.2 Å². The molecular formula is C24H35F3N4. The zero-order valence-corrected chi connectivity index (χ0v) is 19.2. The number of nitrogens with zero attached hydrogens (tertiary/aromatic N) is 4. The van der Waals surface area contributed by atoms with E-state index in [1.165, 1.54) is 29.8 Å². The molecule has 2 heterocycles. The lowest BCUT2D eigenvalue weighted by Crippen LogP contribution is -2.40. The zero-order chi connectivity index (χ0) is 22.6.